The van der Waals surface area contributed by atoms with Gasteiger partial charge in [-0.25, -0.2) is 0 Å². The first-order valence-corrected chi connectivity index (χ1v) is 5.03. The van der Waals surface area contributed by atoms with Crippen LogP contribution in [0.4, 0.5) is 0 Å². The first-order valence-electron chi connectivity index (χ1n) is 5.03. The van der Waals surface area contributed by atoms with Gasteiger partial charge in [-0.2, -0.15) is 0 Å². The number of carbonyl (C=O) groups excluding carboxylic acids is 1. The highest BCUT2D eigenvalue weighted by molar-refractivity contribution is 5.96. The summed E-state index contributed by atoms with van der Waals surface area (Å²) >= 11 is 0. The molecule has 0 aliphatic heterocycles. The lowest BCUT2D eigenvalue weighted by Crippen LogP contribution is -2.35. The number of amides is 1. The van der Waals surface area contributed by atoms with Crippen molar-refractivity contribution in [1.29, 1.82) is 0 Å². The Labute approximate surface area is 89.8 Å². The summed E-state index contributed by atoms with van der Waals surface area (Å²) in [5.41, 5.74) is 7.09. The van der Waals surface area contributed by atoms with Crippen molar-refractivity contribution in [3.63, 3.8) is 0 Å². The van der Waals surface area contributed by atoms with Crippen LogP contribution in [0.1, 0.15) is 34.4 Å². The lowest BCUT2D eigenvalue weighted by Gasteiger charge is -2.07. The van der Waals surface area contributed by atoms with Gasteiger partial charge in [-0.15, -0.1) is 0 Å². The number of aryl methyl sites for hydroxylation is 2. The zero-order valence-electron chi connectivity index (χ0n) is 9.68. The van der Waals surface area contributed by atoms with Crippen molar-refractivity contribution in [2.75, 3.05) is 6.54 Å². The van der Waals surface area contributed by atoms with Crippen LogP contribution in [0.3, 0.4) is 0 Å². The molecule has 1 amide bonds. The lowest BCUT2D eigenvalue weighted by atomic mass is 10.1. The average molecular weight is 210 g/mol. The molecule has 1 heterocycles. The second kappa shape index (κ2) is 4.49. The van der Waals surface area contributed by atoms with E-state index in [0.29, 0.717) is 17.9 Å². The first kappa shape index (κ1) is 11.8. The molecule has 0 saturated carbocycles. The van der Waals surface area contributed by atoms with E-state index < -0.39 is 0 Å². The average Bonchev–Trinajstić information content (AvgIpc) is 2.37. The van der Waals surface area contributed by atoms with Crippen molar-refractivity contribution in [2.45, 2.75) is 33.7 Å². The number of nitrogens with one attached hydrogen (secondary N) is 1. The molecule has 0 aromatic carbocycles. The standard InChI is InChI=1S/C11H18N2O2/c1-6(12)5-13-11(14)10-7(2)8(3)15-9(10)4/h6H,5,12H2,1-4H3,(H,13,14). The fourth-order valence-corrected chi connectivity index (χ4v) is 1.47. The molecule has 1 atom stereocenters. The zero-order valence-corrected chi connectivity index (χ0v) is 9.68. The number of nitrogens with two attached hydrogens (primary N) is 1. The largest absolute Gasteiger partial charge is 0.466 e. The second-order valence-corrected chi connectivity index (χ2v) is 3.90. The molecule has 15 heavy (non-hydrogen) atoms. The third-order valence-electron chi connectivity index (χ3n) is 2.37. The van der Waals surface area contributed by atoms with Gasteiger partial charge in [0.25, 0.3) is 5.91 Å². The fourth-order valence-electron chi connectivity index (χ4n) is 1.47. The number of hydrogen-bond donors (Lipinski definition) is 2. The van der Waals surface area contributed by atoms with E-state index >= 15 is 0 Å². The van der Waals surface area contributed by atoms with Crippen LogP contribution in [0.2, 0.25) is 0 Å². The monoisotopic (exact) mass is 210 g/mol. The quantitative estimate of drug-likeness (QED) is 0.789. The molecular weight excluding hydrogens is 192 g/mol. The van der Waals surface area contributed by atoms with Crippen molar-refractivity contribution < 1.29 is 9.21 Å². The number of carbonyl (C=O) groups is 1. The minimum atomic E-state index is -0.112. The molecule has 0 bridgehead atoms. The molecule has 1 rings (SSSR count). The highest BCUT2D eigenvalue weighted by atomic mass is 16.3. The molecule has 1 aromatic heterocycles. The van der Waals surface area contributed by atoms with Crippen LogP contribution < -0.4 is 11.1 Å². The number of furan rings is 1. The molecule has 1 aromatic rings. The van der Waals surface area contributed by atoms with Crippen LogP contribution in [0, 0.1) is 20.8 Å². The van der Waals surface area contributed by atoms with Crippen LogP contribution >= 0.6 is 0 Å². The second-order valence-electron chi connectivity index (χ2n) is 3.90. The van der Waals surface area contributed by atoms with E-state index in [9.17, 15) is 4.79 Å². The highest BCUT2D eigenvalue weighted by Crippen LogP contribution is 2.20. The Kier molecular flexibility index (Phi) is 3.52. The molecule has 4 nitrogen and oxygen atoms in total. The molecule has 0 radical (unpaired) electrons. The Balaban J connectivity index is 2.82. The third-order valence-corrected chi connectivity index (χ3v) is 2.37. The van der Waals surface area contributed by atoms with Gasteiger partial charge in [-0.3, -0.25) is 4.79 Å². The van der Waals surface area contributed by atoms with Gasteiger partial charge in [0.1, 0.15) is 11.5 Å². The molecule has 0 spiro atoms. The molecule has 0 aliphatic rings. The summed E-state index contributed by atoms with van der Waals surface area (Å²) in [4.78, 5) is 11.8. The SMILES string of the molecule is Cc1oc(C)c(C(=O)NCC(C)N)c1C. The normalized spacial score (nSPS) is 12.6. The van der Waals surface area contributed by atoms with Crippen molar-refractivity contribution >= 4 is 5.91 Å². The maximum Gasteiger partial charge on any atom is 0.255 e. The smallest absolute Gasteiger partial charge is 0.255 e. The van der Waals surface area contributed by atoms with Crippen LogP contribution in [-0.4, -0.2) is 18.5 Å². The third kappa shape index (κ3) is 2.59. The molecule has 0 saturated heterocycles. The van der Waals surface area contributed by atoms with Gasteiger partial charge in [0.2, 0.25) is 0 Å². The Morgan fingerprint density at radius 1 is 1.40 bits per heavy atom. The predicted octanol–water partition coefficient (Wildman–Crippen LogP) is 1.28. The minimum absolute atomic E-state index is 0.0393. The van der Waals surface area contributed by atoms with E-state index in [4.69, 9.17) is 10.2 Å². The van der Waals surface area contributed by atoms with Crippen LogP contribution in [0.15, 0.2) is 4.42 Å². The molecule has 0 fully saturated rings. The summed E-state index contributed by atoms with van der Waals surface area (Å²) < 4.78 is 5.38. The molecule has 4 heteroatoms. The van der Waals surface area contributed by atoms with Gasteiger partial charge in [0.05, 0.1) is 5.56 Å². The Bertz CT molecular complexity index is 367. The van der Waals surface area contributed by atoms with Crippen molar-refractivity contribution in [3.05, 3.63) is 22.6 Å². The number of rotatable bonds is 3. The first-order chi connectivity index (χ1) is 6.93. The van der Waals surface area contributed by atoms with Gasteiger partial charge < -0.3 is 15.5 Å². The van der Waals surface area contributed by atoms with E-state index in [1.54, 1.807) is 6.92 Å². The summed E-state index contributed by atoms with van der Waals surface area (Å²) in [6.45, 7) is 7.85. The van der Waals surface area contributed by atoms with E-state index in [0.717, 1.165) is 11.3 Å². The van der Waals surface area contributed by atoms with Gasteiger partial charge in [0, 0.05) is 18.2 Å². The van der Waals surface area contributed by atoms with Crippen LogP contribution in [0.25, 0.3) is 0 Å². The molecular formula is C11H18N2O2. The topological polar surface area (TPSA) is 68.3 Å². The Morgan fingerprint density at radius 2 is 2.00 bits per heavy atom. The number of hydrogen-bond acceptors (Lipinski definition) is 3. The van der Waals surface area contributed by atoms with E-state index in [-0.39, 0.29) is 11.9 Å². The van der Waals surface area contributed by atoms with Gasteiger partial charge in [0.15, 0.2) is 0 Å². The minimum Gasteiger partial charge on any atom is -0.466 e. The van der Waals surface area contributed by atoms with E-state index in [2.05, 4.69) is 5.32 Å². The van der Waals surface area contributed by atoms with Crippen LogP contribution in [-0.2, 0) is 0 Å². The van der Waals surface area contributed by atoms with E-state index in [1.807, 2.05) is 20.8 Å². The lowest BCUT2D eigenvalue weighted by molar-refractivity contribution is 0.0949. The Hall–Kier alpha value is -1.29. The van der Waals surface area contributed by atoms with Gasteiger partial charge >= 0.3 is 0 Å². The summed E-state index contributed by atoms with van der Waals surface area (Å²) in [6.07, 6.45) is 0. The van der Waals surface area contributed by atoms with Crippen LogP contribution in [0.5, 0.6) is 0 Å². The van der Waals surface area contributed by atoms with Gasteiger partial charge in [-0.1, -0.05) is 0 Å². The summed E-state index contributed by atoms with van der Waals surface area (Å²) in [6, 6.07) is -0.0393. The maximum atomic E-state index is 11.8. The summed E-state index contributed by atoms with van der Waals surface area (Å²) in [5.74, 6) is 1.34. The maximum absolute atomic E-state index is 11.8. The van der Waals surface area contributed by atoms with Crippen molar-refractivity contribution in [3.8, 4) is 0 Å². The molecule has 0 aliphatic carbocycles. The van der Waals surface area contributed by atoms with Gasteiger partial charge in [-0.05, 0) is 27.7 Å². The van der Waals surface area contributed by atoms with E-state index in [1.165, 1.54) is 0 Å². The summed E-state index contributed by atoms with van der Waals surface area (Å²) in [5, 5.41) is 2.77. The molecule has 1 unspecified atom stereocenters. The van der Waals surface area contributed by atoms with Crippen molar-refractivity contribution in [2.24, 2.45) is 5.73 Å². The predicted molar refractivity (Wildman–Crippen MR) is 58.9 cm³/mol. The zero-order chi connectivity index (χ0) is 11.6. The highest BCUT2D eigenvalue weighted by Gasteiger charge is 2.18. The fraction of sp³-hybridized carbons (Fsp3) is 0.545. The Morgan fingerprint density at radius 3 is 2.40 bits per heavy atom. The summed E-state index contributed by atoms with van der Waals surface area (Å²) in [7, 11) is 0. The molecule has 84 valence electrons. The van der Waals surface area contributed by atoms with Crippen molar-refractivity contribution in [1.82, 2.24) is 5.32 Å². The molecule has 3 N–H and O–H groups in total.